The molecule has 1 unspecified atom stereocenters. The molecule has 0 spiro atoms. The highest BCUT2D eigenvalue weighted by atomic mass is 16.3. The van der Waals surface area contributed by atoms with Crippen molar-refractivity contribution in [3.8, 4) is 0 Å². The highest BCUT2D eigenvalue weighted by molar-refractivity contribution is 5.85. The van der Waals surface area contributed by atoms with Crippen LogP contribution in [0, 0.1) is 0 Å². The number of benzene rings is 1. The molecule has 2 aromatic rings. The molecule has 1 aromatic heterocycles. The molecule has 19 heavy (non-hydrogen) atoms. The first-order chi connectivity index (χ1) is 8.80. The van der Waals surface area contributed by atoms with Gasteiger partial charge in [-0.15, -0.1) is 0 Å². The van der Waals surface area contributed by atoms with Gasteiger partial charge in [-0.25, -0.2) is 0 Å². The van der Waals surface area contributed by atoms with Crippen LogP contribution in [0.15, 0.2) is 34.7 Å². The van der Waals surface area contributed by atoms with Gasteiger partial charge in [-0.1, -0.05) is 18.2 Å². The van der Waals surface area contributed by atoms with Crippen molar-refractivity contribution in [1.29, 1.82) is 0 Å². The standard InChI is InChI=1S/C15H20N2O2/c1-10(17(4)14(18)15(2,3)16)13-9-11-7-5-6-8-12(11)19-13/h5-10H,16H2,1-4H3. The number of amides is 1. The summed E-state index contributed by atoms with van der Waals surface area (Å²) >= 11 is 0. The zero-order chi connectivity index (χ0) is 14.2. The van der Waals surface area contributed by atoms with Crippen molar-refractivity contribution in [2.75, 3.05) is 7.05 Å². The summed E-state index contributed by atoms with van der Waals surface area (Å²) in [6.45, 7) is 5.34. The van der Waals surface area contributed by atoms with Crippen molar-refractivity contribution in [3.05, 3.63) is 36.1 Å². The second-order valence-corrected chi connectivity index (χ2v) is 5.50. The lowest BCUT2D eigenvalue weighted by Gasteiger charge is -2.29. The van der Waals surface area contributed by atoms with Gasteiger partial charge in [0.15, 0.2) is 0 Å². The summed E-state index contributed by atoms with van der Waals surface area (Å²) in [4.78, 5) is 13.8. The molecule has 1 heterocycles. The Labute approximate surface area is 113 Å². The molecule has 0 aliphatic heterocycles. The normalized spacial score (nSPS) is 13.5. The summed E-state index contributed by atoms with van der Waals surface area (Å²) in [6, 6.07) is 9.61. The SMILES string of the molecule is CC(c1cc2ccccc2o1)N(C)C(=O)C(C)(C)N. The number of carbonyl (C=O) groups excluding carboxylic acids is 1. The Bertz CT molecular complexity index is 562. The number of rotatable bonds is 3. The van der Waals surface area contributed by atoms with Crippen molar-refractivity contribution in [2.45, 2.75) is 32.4 Å². The molecule has 1 atom stereocenters. The van der Waals surface area contributed by atoms with Gasteiger partial charge in [0, 0.05) is 12.4 Å². The summed E-state index contributed by atoms with van der Waals surface area (Å²) in [5.41, 5.74) is 5.80. The number of hydrogen-bond donors (Lipinski definition) is 1. The number of para-hydroxylation sites is 1. The molecule has 0 radical (unpaired) electrons. The van der Waals surface area contributed by atoms with E-state index < -0.39 is 5.54 Å². The van der Waals surface area contributed by atoms with Gasteiger partial charge in [0.25, 0.3) is 0 Å². The molecule has 0 saturated heterocycles. The predicted molar refractivity (Wildman–Crippen MR) is 75.7 cm³/mol. The molecule has 0 bridgehead atoms. The number of nitrogens with zero attached hydrogens (tertiary/aromatic N) is 1. The van der Waals surface area contributed by atoms with Crippen LogP contribution in [0.2, 0.25) is 0 Å². The largest absolute Gasteiger partial charge is 0.459 e. The van der Waals surface area contributed by atoms with E-state index in [1.807, 2.05) is 37.3 Å². The zero-order valence-corrected chi connectivity index (χ0v) is 11.8. The van der Waals surface area contributed by atoms with Gasteiger partial charge in [-0.2, -0.15) is 0 Å². The van der Waals surface area contributed by atoms with Gasteiger partial charge in [0.05, 0.1) is 11.6 Å². The Kier molecular flexibility index (Phi) is 3.37. The van der Waals surface area contributed by atoms with Crippen LogP contribution in [0.5, 0.6) is 0 Å². The Morgan fingerprint density at radius 2 is 2.00 bits per heavy atom. The van der Waals surface area contributed by atoms with E-state index in [4.69, 9.17) is 10.2 Å². The number of hydrogen-bond acceptors (Lipinski definition) is 3. The third-order valence-electron chi connectivity index (χ3n) is 3.31. The average molecular weight is 260 g/mol. The van der Waals surface area contributed by atoms with Crippen molar-refractivity contribution < 1.29 is 9.21 Å². The smallest absolute Gasteiger partial charge is 0.242 e. The van der Waals surface area contributed by atoms with E-state index in [9.17, 15) is 4.79 Å². The lowest BCUT2D eigenvalue weighted by molar-refractivity contribution is -0.136. The van der Waals surface area contributed by atoms with Gasteiger partial charge < -0.3 is 15.1 Å². The molecule has 2 rings (SSSR count). The van der Waals surface area contributed by atoms with E-state index in [1.54, 1.807) is 25.8 Å². The fourth-order valence-corrected chi connectivity index (χ4v) is 2.03. The summed E-state index contributed by atoms with van der Waals surface area (Å²) in [6.07, 6.45) is 0. The van der Waals surface area contributed by atoms with Gasteiger partial charge in [-0.3, -0.25) is 4.79 Å². The van der Waals surface area contributed by atoms with Gasteiger partial charge >= 0.3 is 0 Å². The predicted octanol–water partition coefficient (Wildman–Crippen LogP) is 2.69. The lowest BCUT2D eigenvalue weighted by atomic mass is 10.0. The summed E-state index contributed by atoms with van der Waals surface area (Å²) in [5.74, 6) is 0.654. The number of likely N-dealkylation sites (N-methyl/N-ethyl adjacent to an activating group) is 1. The van der Waals surface area contributed by atoms with Gasteiger partial charge in [0.1, 0.15) is 11.3 Å². The molecular formula is C15H20N2O2. The maximum Gasteiger partial charge on any atom is 0.242 e. The third kappa shape index (κ3) is 2.63. The van der Waals surface area contributed by atoms with Gasteiger partial charge in [-0.05, 0) is 32.9 Å². The number of furan rings is 1. The topological polar surface area (TPSA) is 59.5 Å². The van der Waals surface area contributed by atoms with E-state index >= 15 is 0 Å². The highest BCUT2D eigenvalue weighted by Crippen LogP contribution is 2.27. The molecule has 102 valence electrons. The minimum atomic E-state index is -0.880. The molecule has 1 aromatic carbocycles. The van der Waals surface area contributed by atoms with Gasteiger partial charge in [0.2, 0.25) is 5.91 Å². The average Bonchev–Trinajstić information content (AvgIpc) is 2.78. The van der Waals surface area contributed by atoms with Crippen molar-refractivity contribution >= 4 is 16.9 Å². The third-order valence-corrected chi connectivity index (χ3v) is 3.31. The van der Waals surface area contributed by atoms with Crippen molar-refractivity contribution in [3.63, 3.8) is 0 Å². The summed E-state index contributed by atoms with van der Waals surface area (Å²) < 4.78 is 5.78. The Hall–Kier alpha value is -1.81. The van der Waals surface area contributed by atoms with Crippen LogP contribution in [-0.2, 0) is 4.79 Å². The highest BCUT2D eigenvalue weighted by Gasteiger charge is 2.30. The van der Waals surface area contributed by atoms with E-state index in [1.165, 1.54) is 0 Å². The van der Waals surface area contributed by atoms with Crippen LogP contribution in [0.3, 0.4) is 0 Å². The first kappa shape index (κ1) is 13.6. The summed E-state index contributed by atoms with van der Waals surface area (Å²) in [5, 5.41) is 1.04. The van der Waals surface area contributed by atoms with Crippen molar-refractivity contribution in [1.82, 2.24) is 4.90 Å². The van der Waals surface area contributed by atoms with Crippen molar-refractivity contribution in [2.24, 2.45) is 5.73 Å². The molecule has 0 aliphatic rings. The quantitative estimate of drug-likeness (QED) is 0.923. The molecular weight excluding hydrogens is 240 g/mol. The second kappa shape index (κ2) is 4.70. The van der Waals surface area contributed by atoms with E-state index in [2.05, 4.69) is 0 Å². The number of fused-ring (bicyclic) bond motifs is 1. The summed E-state index contributed by atoms with van der Waals surface area (Å²) in [7, 11) is 1.74. The monoisotopic (exact) mass is 260 g/mol. The maximum atomic E-state index is 12.2. The molecule has 4 heteroatoms. The lowest BCUT2D eigenvalue weighted by Crippen LogP contribution is -2.50. The molecule has 2 N–H and O–H groups in total. The van der Waals surface area contributed by atoms with Crippen LogP contribution in [0.1, 0.15) is 32.6 Å². The number of carbonyl (C=O) groups is 1. The molecule has 1 amide bonds. The fourth-order valence-electron chi connectivity index (χ4n) is 2.03. The first-order valence-corrected chi connectivity index (χ1v) is 6.35. The second-order valence-electron chi connectivity index (χ2n) is 5.50. The van der Waals surface area contributed by atoms with Crippen LogP contribution in [0.25, 0.3) is 11.0 Å². The van der Waals surface area contributed by atoms with Crippen LogP contribution in [0.4, 0.5) is 0 Å². The minimum absolute atomic E-state index is 0.111. The van der Waals surface area contributed by atoms with Crippen LogP contribution in [-0.4, -0.2) is 23.4 Å². The molecule has 0 fully saturated rings. The maximum absolute atomic E-state index is 12.2. The van der Waals surface area contributed by atoms with Crippen LogP contribution < -0.4 is 5.73 Å². The Balaban J connectivity index is 2.28. The minimum Gasteiger partial charge on any atom is -0.459 e. The number of nitrogens with two attached hydrogens (primary N) is 1. The molecule has 0 saturated carbocycles. The zero-order valence-electron chi connectivity index (χ0n) is 11.8. The van der Waals surface area contributed by atoms with E-state index in [0.29, 0.717) is 0 Å². The molecule has 0 aliphatic carbocycles. The van der Waals surface area contributed by atoms with E-state index in [0.717, 1.165) is 16.7 Å². The molecule has 4 nitrogen and oxygen atoms in total. The van der Waals surface area contributed by atoms with Crippen LogP contribution >= 0.6 is 0 Å². The Morgan fingerprint density at radius 1 is 1.37 bits per heavy atom. The Morgan fingerprint density at radius 3 is 2.58 bits per heavy atom. The first-order valence-electron chi connectivity index (χ1n) is 6.35. The van der Waals surface area contributed by atoms with E-state index in [-0.39, 0.29) is 11.9 Å². The fraction of sp³-hybridized carbons (Fsp3) is 0.400.